The number of aliphatic hydroxyl groups excluding tert-OH is 1. The van der Waals surface area contributed by atoms with Gasteiger partial charge in [0.1, 0.15) is 0 Å². The molecule has 3 N–H and O–H groups in total. The van der Waals surface area contributed by atoms with Crippen LogP contribution in [0.1, 0.15) is 31.9 Å². The van der Waals surface area contributed by atoms with Gasteiger partial charge in [-0.2, -0.15) is 0 Å². The maximum absolute atomic E-state index is 11.3. The summed E-state index contributed by atoms with van der Waals surface area (Å²) < 4.78 is 22.7. The van der Waals surface area contributed by atoms with Crippen molar-refractivity contribution >= 4 is 10.0 Å². The standard InChI is InChI=1S/C13H22N2O3S/c1-4-12(16)9-15(3)10(2)11-6-5-7-13(8-11)19(14,17)18/h5-8,10,12,16H,4,9H2,1-3H3,(H2,14,17,18). The number of primary sulfonamides is 1. The zero-order valence-electron chi connectivity index (χ0n) is 11.6. The third-order valence-electron chi connectivity index (χ3n) is 3.30. The summed E-state index contributed by atoms with van der Waals surface area (Å²) in [5.74, 6) is 0. The Morgan fingerprint density at radius 2 is 2.05 bits per heavy atom. The molecule has 2 atom stereocenters. The van der Waals surface area contributed by atoms with Crippen LogP contribution in [0.15, 0.2) is 29.2 Å². The number of nitrogens with zero attached hydrogens (tertiary/aromatic N) is 1. The number of benzene rings is 1. The van der Waals surface area contributed by atoms with Gasteiger partial charge in [0, 0.05) is 12.6 Å². The first kappa shape index (κ1) is 16.1. The highest BCUT2D eigenvalue weighted by molar-refractivity contribution is 7.89. The first-order valence-corrected chi connectivity index (χ1v) is 7.81. The van der Waals surface area contributed by atoms with Crippen LogP contribution in [0.25, 0.3) is 0 Å². The van der Waals surface area contributed by atoms with Crippen LogP contribution in [0.4, 0.5) is 0 Å². The molecule has 108 valence electrons. The lowest BCUT2D eigenvalue weighted by Crippen LogP contribution is -2.31. The molecular weight excluding hydrogens is 264 g/mol. The van der Waals surface area contributed by atoms with E-state index in [0.717, 1.165) is 5.56 Å². The molecule has 0 saturated carbocycles. The van der Waals surface area contributed by atoms with Gasteiger partial charge < -0.3 is 5.11 Å². The van der Waals surface area contributed by atoms with Gasteiger partial charge in [0.2, 0.25) is 10.0 Å². The lowest BCUT2D eigenvalue weighted by atomic mass is 10.1. The van der Waals surface area contributed by atoms with Gasteiger partial charge in [0.25, 0.3) is 0 Å². The van der Waals surface area contributed by atoms with Crippen LogP contribution in [-0.2, 0) is 10.0 Å². The maximum Gasteiger partial charge on any atom is 0.238 e. The molecule has 19 heavy (non-hydrogen) atoms. The van der Waals surface area contributed by atoms with Gasteiger partial charge in [-0.1, -0.05) is 19.1 Å². The highest BCUT2D eigenvalue weighted by Crippen LogP contribution is 2.21. The SMILES string of the molecule is CCC(O)CN(C)C(C)c1cccc(S(N)(=O)=O)c1. The minimum atomic E-state index is -3.68. The molecule has 1 aromatic carbocycles. The van der Waals surface area contributed by atoms with E-state index in [1.165, 1.54) is 6.07 Å². The largest absolute Gasteiger partial charge is 0.392 e. The fraction of sp³-hybridized carbons (Fsp3) is 0.538. The van der Waals surface area contributed by atoms with Crippen molar-refractivity contribution in [2.75, 3.05) is 13.6 Å². The molecule has 0 aliphatic carbocycles. The molecule has 6 heteroatoms. The molecule has 0 fully saturated rings. The molecule has 0 spiro atoms. The molecule has 0 aromatic heterocycles. The van der Waals surface area contributed by atoms with Crippen LogP contribution in [0.2, 0.25) is 0 Å². The van der Waals surface area contributed by atoms with Crippen molar-refractivity contribution in [3.8, 4) is 0 Å². The monoisotopic (exact) mass is 286 g/mol. The van der Waals surface area contributed by atoms with Crippen LogP contribution >= 0.6 is 0 Å². The zero-order chi connectivity index (χ0) is 14.6. The summed E-state index contributed by atoms with van der Waals surface area (Å²) in [6, 6.07) is 6.59. The predicted octanol–water partition coefficient (Wildman–Crippen LogP) is 1.10. The number of nitrogens with two attached hydrogens (primary N) is 1. The first-order valence-electron chi connectivity index (χ1n) is 6.26. The van der Waals surface area contributed by atoms with Crippen LogP contribution < -0.4 is 5.14 Å². The molecule has 0 heterocycles. The zero-order valence-corrected chi connectivity index (χ0v) is 12.4. The summed E-state index contributed by atoms with van der Waals surface area (Å²) >= 11 is 0. The Morgan fingerprint density at radius 1 is 1.42 bits per heavy atom. The number of likely N-dealkylation sites (N-methyl/N-ethyl adjacent to an activating group) is 1. The van der Waals surface area contributed by atoms with Crippen molar-refractivity contribution in [3.63, 3.8) is 0 Å². The molecular formula is C13H22N2O3S. The Balaban J connectivity index is 2.91. The highest BCUT2D eigenvalue weighted by Gasteiger charge is 2.16. The minimum Gasteiger partial charge on any atom is -0.392 e. The van der Waals surface area contributed by atoms with Gasteiger partial charge in [-0.25, -0.2) is 13.6 Å². The third kappa shape index (κ3) is 4.58. The van der Waals surface area contributed by atoms with E-state index in [4.69, 9.17) is 5.14 Å². The average Bonchev–Trinajstić information content (AvgIpc) is 2.36. The van der Waals surface area contributed by atoms with Crippen LogP contribution in [0.3, 0.4) is 0 Å². The van der Waals surface area contributed by atoms with E-state index >= 15 is 0 Å². The molecule has 0 bridgehead atoms. The number of sulfonamides is 1. The van der Waals surface area contributed by atoms with Crippen molar-refractivity contribution in [1.29, 1.82) is 0 Å². The van der Waals surface area contributed by atoms with Crippen molar-refractivity contribution < 1.29 is 13.5 Å². The minimum absolute atomic E-state index is 0.00269. The van der Waals surface area contributed by atoms with E-state index < -0.39 is 10.0 Å². The molecule has 1 aromatic rings. The van der Waals surface area contributed by atoms with E-state index in [-0.39, 0.29) is 17.0 Å². The van der Waals surface area contributed by atoms with Gasteiger partial charge in [0.15, 0.2) is 0 Å². The molecule has 2 unspecified atom stereocenters. The number of rotatable bonds is 6. The van der Waals surface area contributed by atoms with Gasteiger partial charge in [-0.05, 0) is 38.1 Å². The van der Waals surface area contributed by atoms with Crippen molar-refractivity contribution in [2.45, 2.75) is 37.3 Å². The Hall–Kier alpha value is -0.950. The topological polar surface area (TPSA) is 83.6 Å². The quantitative estimate of drug-likeness (QED) is 0.820. The fourth-order valence-electron chi connectivity index (χ4n) is 1.83. The second-order valence-corrected chi connectivity index (χ2v) is 6.36. The molecule has 0 radical (unpaired) electrons. The molecule has 0 saturated heterocycles. The smallest absolute Gasteiger partial charge is 0.238 e. The van der Waals surface area contributed by atoms with Crippen LogP contribution in [0, 0.1) is 0 Å². The average molecular weight is 286 g/mol. The number of hydrogen-bond acceptors (Lipinski definition) is 4. The van der Waals surface area contributed by atoms with E-state index in [1.54, 1.807) is 12.1 Å². The second-order valence-electron chi connectivity index (χ2n) is 4.80. The normalized spacial score (nSPS) is 15.5. The molecule has 1 rings (SSSR count). The lowest BCUT2D eigenvalue weighted by molar-refractivity contribution is 0.105. The molecule has 5 nitrogen and oxygen atoms in total. The summed E-state index contributed by atoms with van der Waals surface area (Å²) in [6.07, 6.45) is 0.308. The Bertz CT molecular complexity index is 516. The van der Waals surface area contributed by atoms with Gasteiger partial charge in [-0.3, -0.25) is 4.90 Å². The van der Waals surface area contributed by atoms with Crippen LogP contribution in [0.5, 0.6) is 0 Å². The Kier molecular flexibility index (Phi) is 5.49. The summed E-state index contributed by atoms with van der Waals surface area (Å²) in [5.41, 5.74) is 0.859. The summed E-state index contributed by atoms with van der Waals surface area (Å²) in [5, 5.41) is 14.8. The van der Waals surface area contributed by atoms with Crippen molar-refractivity contribution in [2.24, 2.45) is 5.14 Å². The van der Waals surface area contributed by atoms with E-state index in [1.807, 2.05) is 31.9 Å². The summed E-state index contributed by atoms with van der Waals surface area (Å²) in [4.78, 5) is 2.09. The predicted molar refractivity (Wildman–Crippen MR) is 75.2 cm³/mol. The molecule has 0 aliphatic heterocycles. The Labute approximate surface area is 115 Å². The van der Waals surface area contributed by atoms with Gasteiger partial charge >= 0.3 is 0 Å². The number of hydrogen-bond donors (Lipinski definition) is 2. The second kappa shape index (κ2) is 6.47. The highest BCUT2D eigenvalue weighted by atomic mass is 32.2. The summed E-state index contributed by atoms with van der Waals surface area (Å²) in [7, 11) is -1.78. The molecule has 0 aliphatic rings. The van der Waals surface area contributed by atoms with Crippen molar-refractivity contribution in [3.05, 3.63) is 29.8 Å². The number of aliphatic hydroxyl groups is 1. The Morgan fingerprint density at radius 3 is 2.58 bits per heavy atom. The van der Waals surface area contributed by atoms with Crippen LogP contribution in [-0.4, -0.2) is 38.1 Å². The first-order chi connectivity index (χ1) is 8.75. The van der Waals surface area contributed by atoms with Gasteiger partial charge in [-0.15, -0.1) is 0 Å². The van der Waals surface area contributed by atoms with E-state index in [2.05, 4.69) is 0 Å². The molecule has 0 amide bonds. The maximum atomic E-state index is 11.3. The van der Waals surface area contributed by atoms with E-state index in [0.29, 0.717) is 13.0 Å². The third-order valence-corrected chi connectivity index (χ3v) is 4.21. The van der Waals surface area contributed by atoms with E-state index in [9.17, 15) is 13.5 Å². The van der Waals surface area contributed by atoms with Gasteiger partial charge in [0.05, 0.1) is 11.0 Å². The lowest BCUT2D eigenvalue weighted by Gasteiger charge is -2.27. The van der Waals surface area contributed by atoms with Crippen molar-refractivity contribution in [1.82, 2.24) is 4.90 Å². The summed E-state index contributed by atoms with van der Waals surface area (Å²) in [6.45, 7) is 4.42. The fourth-order valence-corrected chi connectivity index (χ4v) is 2.39.